The molecule has 2 aromatic carbocycles. The van der Waals surface area contributed by atoms with Gasteiger partial charge in [-0.2, -0.15) is 0 Å². The first-order valence-electron chi connectivity index (χ1n) is 7.10. The van der Waals surface area contributed by atoms with Crippen LogP contribution in [0.5, 0.6) is 11.5 Å². The fourth-order valence-corrected chi connectivity index (χ4v) is 2.38. The molecule has 0 aliphatic carbocycles. The van der Waals surface area contributed by atoms with Gasteiger partial charge in [0.05, 0.1) is 0 Å². The minimum absolute atomic E-state index is 0.194. The van der Waals surface area contributed by atoms with Crippen LogP contribution in [-0.4, -0.2) is 13.3 Å². The zero-order valence-corrected chi connectivity index (χ0v) is 11.9. The van der Waals surface area contributed by atoms with Crippen molar-refractivity contribution in [3.8, 4) is 11.5 Å². The lowest BCUT2D eigenvalue weighted by Crippen LogP contribution is -2.21. The molecule has 0 bridgehead atoms. The Hall–Kier alpha value is -2.07. The highest BCUT2D eigenvalue weighted by atomic mass is 19.1. The van der Waals surface area contributed by atoms with Gasteiger partial charge in [0.15, 0.2) is 11.5 Å². The molecule has 0 saturated carbocycles. The van der Waals surface area contributed by atoms with Crippen LogP contribution in [0.3, 0.4) is 0 Å². The van der Waals surface area contributed by atoms with Crippen molar-refractivity contribution in [1.82, 2.24) is 5.32 Å². The smallest absolute Gasteiger partial charge is 0.231 e. The molecular formula is C17H18FNO2. The van der Waals surface area contributed by atoms with E-state index >= 15 is 0 Å². The fourth-order valence-electron chi connectivity index (χ4n) is 2.38. The zero-order valence-electron chi connectivity index (χ0n) is 11.9. The quantitative estimate of drug-likeness (QED) is 0.913. The largest absolute Gasteiger partial charge is 0.454 e. The van der Waals surface area contributed by atoms with Crippen LogP contribution in [0, 0.1) is 5.82 Å². The number of rotatable bonds is 5. The van der Waals surface area contributed by atoms with Crippen molar-refractivity contribution in [1.29, 1.82) is 0 Å². The van der Waals surface area contributed by atoms with Gasteiger partial charge in [0, 0.05) is 6.04 Å². The number of ether oxygens (including phenoxy) is 2. The first kappa shape index (κ1) is 13.9. The van der Waals surface area contributed by atoms with Crippen molar-refractivity contribution >= 4 is 0 Å². The molecule has 2 aromatic rings. The van der Waals surface area contributed by atoms with Gasteiger partial charge in [-0.3, -0.25) is 0 Å². The van der Waals surface area contributed by atoms with E-state index < -0.39 is 0 Å². The third-order valence-corrected chi connectivity index (χ3v) is 3.67. The molecule has 110 valence electrons. The second-order valence-electron chi connectivity index (χ2n) is 5.16. The minimum Gasteiger partial charge on any atom is -0.454 e. The van der Waals surface area contributed by atoms with Crippen LogP contribution >= 0.6 is 0 Å². The number of benzene rings is 2. The Morgan fingerprint density at radius 1 is 1.10 bits per heavy atom. The van der Waals surface area contributed by atoms with E-state index in [1.165, 1.54) is 17.7 Å². The lowest BCUT2D eigenvalue weighted by atomic mass is 10.1. The van der Waals surface area contributed by atoms with Crippen LogP contribution in [0.1, 0.15) is 24.1 Å². The molecule has 0 aromatic heterocycles. The molecule has 1 aliphatic rings. The Balaban J connectivity index is 1.54. The van der Waals surface area contributed by atoms with E-state index in [-0.39, 0.29) is 11.9 Å². The predicted molar refractivity (Wildman–Crippen MR) is 79.1 cm³/mol. The molecule has 1 atom stereocenters. The summed E-state index contributed by atoms with van der Waals surface area (Å²) in [6.45, 7) is 3.24. The molecule has 3 rings (SSSR count). The Labute approximate surface area is 123 Å². The van der Waals surface area contributed by atoms with E-state index in [0.717, 1.165) is 30.0 Å². The maximum atomic E-state index is 12.8. The van der Waals surface area contributed by atoms with Gasteiger partial charge in [0.2, 0.25) is 6.79 Å². The van der Waals surface area contributed by atoms with Crippen molar-refractivity contribution in [3.63, 3.8) is 0 Å². The number of halogens is 1. The molecule has 1 aliphatic heterocycles. The second kappa shape index (κ2) is 6.14. The van der Waals surface area contributed by atoms with Gasteiger partial charge < -0.3 is 14.8 Å². The van der Waals surface area contributed by atoms with Crippen LogP contribution < -0.4 is 14.8 Å². The van der Waals surface area contributed by atoms with Gasteiger partial charge >= 0.3 is 0 Å². The lowest BCUT2D eigenvalue weighted by Gasteiger charge is -2.14. The summed E-state index contributed by atoms with van der Waals surface area (Å²) < 4.78 is 23.5. The third kappa shape index (κ3) is 3.34. The molecular weight excluding hydrogens is 269 g/mol. The van der Waals surface area contributed by atoms with Gasteiger partial charge in [-0.1, -0.05) is 18.2 Å². The van der Waals surface area contributed by atoms with Crippen molar-refractivity contribution in [2.45, 2.75) is 19.4 Å². The second-order valence-corrected chi connectivity index (χ2v) is 5.16. The molecule has 1 N–H and O–H groups in total. The highest BCUT2D eigenvalue weighted by Crippen LogP contribution is 2.34. The van der Waals surface area contributed by atoms with E-state index in [9.17, 15) is 4.39 Å². The predicted octanol–water partition coefficient (Wildman–Crippen LogP) is 3.45. The van der Waals surface area contributed by atoms with Gasteiger partial charge in [0.25, 0.3) is 0 Å². The van der Waals surface area contributed by atoms with Crippen molar-refractivity contribution in [2.75, 3.05) is 13.3 Å². The molecule has 1 heterocycles. The highest BCUT2D eigenvalue weighted by Gasteiger charge is 2.15. The molecule has 4 heteroatoms. The number of nitrogens with one attached hydrogen (secondary N) is 1. The van der Waals surface area contributed by atoms with E-state index in [2.05, 4.69) is 12.2 Å². The molecule has 1 unspecified atom stereocenters. The van der Waals surface area contributed by atoms with E-state index in [4.69, 9.17) is 9.47 Å². The van der Waals surface area contributed by atoms with Crippen LogP contribution in [-0.2, 0) is 6.42 Å². The minimum atomic E-state index is -0.194. The Morgan fingerprint density at radius 2 is 1.86 bits per heavy atom. The summed E-state index contributed by atoms with van der Waals surface area (Å²) in [5.74, 6) is 1.41. The van der Waals surface area contributed by atoms with Crippen LogP contribution in [0.15, 0.2) is 42.5 Å². The summed E-state index contributed by atoms with van der Waals surface area (Å²) in [7, 11) is 0. The highest BCUT2D eigenvalue weighted by molar-refractivity contribution is 5.45. The number of fused-ring (bicyclic) bond motifs is 1. The third-order valence-electron chi connectivity index (χ3n) is 3.67. The molecule has 0 fully saturated rings. The normalized spacial score (nSPS) is 14.2. The monoisotopic (exact) mass is 287 g/mol. The molecule has 0 saturated heterocycles. The van der Waals surface area contributed by atoms with E-state index in [0.29, 0.717) is 6.79 Å². The molecule has 0 radical (unpaired) electrons. The maximum absolute atomic E-state index is 12.8. The summed E-state index contributed by atoms with van der Waals surface area (Å²) in [6, 6.07) is 12.9. The van der Waals surface area contributed by atoms with Crippen molar-refractivity contribution < 1.29 is 13.9 Å². The molecule has 0 amide bonds. The van der Waals surface area contributed by atoms with Crippen LogP contribution in [0.2, 0.25) is 0 Å². The summed E-state index contributed by atoms with van der Waals surface area (Å²) in [6.07, 6.45) is 0.870. The lowest BCUT2D eigenvalue weighted by molar-refractivity contribution is 0.174. The first-order valence-corrected chi connectivity index (χ1v) is 7.10. The fraction of sp³-hybridized carbons (Fsp3) is 0.294. The molecule has 0 spiro atoms. The first-order chi connectivity index (χ1) is 10.2. The number of hydrogen-bond acceptors (Lipinski definition) is 3. The Morgan fingerprint density at radius 3 is 2.67 bits per heavy atom. The Kier molecular flexibility index (Phi) is 4.06. The topological polar surface area (TPSA) is 30.5 Å². The average Bonchev–Trinajstić information content (AvgIpc) is 2.96. The standard InChI is InChI=1S/C17H18FNO2/c1-12(14-4-7-16-17(10-14)21-11-20-16)19-9-8-13-2-5-15(18)6-3-13/h2-7,10,12,19H,8-9,11H2,1H3. The SMILES string of the molecule is CC(NCCc1ccc(F)cc1)c1ccc2c(c1)OCO2. The van der Waals surface area contributed by atoms with Gasteiger partial charge in [-0.25, -0.2) is 4.39 Å². The average molecular weight is 287 g/mol. The van der Waals surface area contributed by atoms with E-state index in [1.54, 1.807) is 0 Å². The molecule has 21 heavy (non-hydrogen) atoms. The van der Waals surface area contributed by atoms with Gasteiger partial charge in [0.1, 0.15) is 5.82 Å². The van der Waals surface area contributed by atoms with E-state index in [1.807, 2.05) is 30.3 Å². The summed E-state index contributed by atoms with van der Waals surface area (Å²) >= 11 is 0. The van der Waals surface area contributed by atoms with Crippen LogP contribution in [0.4, 0.5) is 4.39 Å². The van der Waals surface area contributed by atoms with Crippen molar-refractivity contribution in [2.24, 2.45) is 0 Å². The van der Waals surface area contributed by atoms with Crippen molar-refractivity contribution in [3.05, 3.63) is 59.4 Å². The van der Waals surface area contributed by atoms with Crippen LogP contribution in [0.25, 0.3) is 0 Å². The summed E-state index contributed by atoms with van der Waals surface area (Å²) in [4.78, 5) is 0. The molecule has 3 nitrogen and oxygen atoms in total. The zero-order chi connectivity index (χ0) is 14.7. The summed E-state index contributed by atoms with van der Waals surface area (Å²) in [5.41, 5.74) is 2.29. The number of hydrogen-bond donors (Lipinski definition) is 1. The van der Waals surface area contributed by atoms with Gasteiger partial charge in [-0.05, 0) is 55.3 Å². The Bertz CT molecular complexity index is 613. The van der Waals surface area contributed by atoms with Gasteiger partial charge in [-0.15, -0.1) is 0 Å². The maximum Gasteiger partial charge on any atom is 0.231 e. The summed E-state index contributed by atoms with van der Waals surface area (Å²) in [5, 5.41) is 3.46.